The number of nitrogens with zero attached hydrogens (tertiary/aromatic N) is 2. The van der Waals surface area contributed by atoms with Crippen molar-refractivity contribution < 1.29 is 0 Å². The summed E-state index contributed by atoms with van der Waals surface area (Å²) in [5.41, 5.74) is 20.2. The summed E-state index contributed by atoms with van der Waals surface area (Å²) in [5, 5.41) is 5.10. The van der Waals surface area contributed by atoms with E-state index < -0.39 is 5.41 Å². The largest absolute Gasteiger partial charge is 0.317 e. The molecule has 9 aromatic rings. The van der Waals surface area contributed by atoms with Gasteiger partial charge in [-0.25, -0.2) is 0 Å². The summed E-state index contributed by atoms with van der Waals surface area (Å²) in [6.45, 7) is 0. The first-order valence-corrected chi connectivity index (χ1v) is 23.1. The smallest absolute Gasteiger partial charge is 0.0755 e. The van der Waals surface area contributed by atoms with Gasteiger partial charge in [-0.2, -0.15) is 0 Å². The van der Waals surface area contributed by atoms with Crippen molar-refractivity contribution >= 4 is 55.4 Å². The Kier molecular flexibility index (Phi) is 8.74. The molecule has 0 radical (unpaired) electrons. The molecular formula is C63H46N2. The molecule has 0 saturated carbocycles. The summed E-state index contributed by atoms with van der Waals surface area (Å²) in [7, 11) is 0. The fourth-order valence-electron chi connectivity index (χ4n) is 11.7. The highest BCUT2D eigenvalue weighted by molar-refractivity contribution is 6.16. The molecule has 0 amide bonds. The van der Waals surface area contributed by atoms with E-state index in [9.17, 15) is 0 Å². The molecule has 65 heavy (non-hydrogen) atoms. The third kappa shape index (κ3) is 5.73. The highest BCUT2D eigenvalue weighted by atomic mass is 15.2. The van der Waals surface area contributed by atoms with E-state index in [1.807, 2.05) is 0 Å². The van der Waals surface area contributed by atoms with Gasteiger partial charge in [-0.1, -0.05) is 188 Å². The van der Waals surface area contributed by atoms with Gasteiger partial charge in [-0.05, 0) is 140 Å². The van der Waals surface area contributed by atoms with Crippen LogP contribution in [0.4, 0.5) is 22.7 Å². The first-order valence-electron chi connectivity index (χ1n) is 23.1. The molecule has 308 valence electrons. The van der Waals surface area contributed by atoms with Crippen LogP contribution in [-0.4, -0.2) is 0 Å². The summed E-state index contributed by atoms with van der Waals surface area (Å²) < 4.78 is 0. The maximum Gasteiger partial charge on any atom is 0.0755 e. The first-order chi connectivity index (χ1) is 32.3. The Hall–Kier alpha value is -7.94. The maximum atomic E-state index is 2.66. The van der Waals surface area contributed by atoms with Gasteiger partial charge in [-0.3, -0.25) is 0 Å². The van der Waals surface area contributed by atoms with Crippen molar-refractivity contribution in [2.24, 2.45) is 0 Å². The molecule has 1 spiro atoms. The summed E-state index contributed by atoms with van der Waals surface area (Å²) >= 11 is 0. The first kappa shape index (κ1) is 37.6. The van der Waals surface area contributed by atoms with Gasteiger partial charge in [0.2, 0.25) is 0 Å². The van der Waals surface area contributed by atoms with Crippen LogP contribution in [0.15, 0.2) is 242 Å². The lowest BCUT2D eigenvalue weighted by atomic mass is 9.64. The van der Waals surface area contributed by atoms with Gasteiger partial charge in [0.15, 0.2) is 0 Å². The second-order valence-electron chi connectivity index (χ2n) is 17.8. The molecule has 0 unspecified atom stereocenters. The number of fused-ring (bicyclic) bond motifs is 13. The van der Waals surface area contributed by atoms with Gasteiger partial charge in [0.25, 0.3) is 0 Å². The van der Waals surface area contributed by atoms with Crippen LogP contribution in [0.5, 0.6) is 0 Å². The Morgan fingerprint density at radius 1 is 0.369 bits per heavy atom. The number of benzene rings is 9. The molecule has 0 bridgehead atoms. The lowest BCUT2D eigenvalue weighted by Gasteiger charge is -2.45. The number of hydrogen-bond acceptors (Lipinski definition) is 2. The third-order valence-corrected chi connectivity index (χ3v) is 14.5. The molecule has 1 aliphatic heterocycles. The summed E-state index contributed by atoms with van der Waals surface area (Å²) in [5.74, 6) is 0. The topological polar surface area (TPSA) is 6.48 Å². The lowest BCUT2D eigenvalue weighted by Crippen LogP contribution is -2.36. The minimum Gasteiger partial charge on any atom is -0.317 e. The van der Waals surface area contributed by atoms with Crippen LogP contribution in [0.2, 0.25) is 0 Å². The molecule has 0 saturated heterocycles. The summed E-state index contributed by atoms with van der Waals surface area (Å²) in [6, 6.07) is 76.8. The molecule has 1 heterocycles. The van der Waals surface area contributed by atoms with Crippen molar-refractivity contribution in [3.63, 3.8) is 0 Å². The molecule has 2 nitrogen and oxygen atoms in total. The Bertz CT molecular complexity index is 3360. The quantitative estimate of drug-likeness (QED) is 0.165. The normalized spacial score (nSPS) is 15.6. The van der Waals surface area contributed by atoms with E-state index in [1.54, 1.807) is 0 Å². The van der Waals surface area contributed by atoms with E-state index >= 15 is 0 Å². The predicted octanol–water partition coefficient (Wildman–Crippen LogP) is 16.5. The Morgan fingerprint density at radius 2 is 0.862 bits per heavy atom. The second kappa shape index (κ2) is 15.1. The van der Waals surface area contributed by atoms with Crippen molar-refractivity contribution in [1.82, 2.24) is 0 Å². The molecule has 0 N–H and O–H groups in total. The minimum absolute atomic E-state index is 0.611. The van der Waals surface area contributed by atoms with Crippen molar-refractivity contribution in [1.29, 1.82) is 0 Å². The molecule has 0 atom stereocenters. The molecule has 0 aromatic heterocycles. The molecule has 2 heteroatoms. The van der Waals surface area contributed by atoms with Gasteiger partial charge >= 0.3 is 0 Å². The van der Waals surface area contributed by atoms with Crippen LogP contribution in [-0.2, 0) is 5.41 Å². The van der Waals surface area contributed by atoms with Gasteiger partial charge < -0.3 is 9.80 Å². The fraction of sp³-hybridized carbons (Fsp3) is 0.0794. The van der Waals surface area contributed by atoms with Gasteiger partial charge in [0, 0.05) is 22.5 Å². The zero-order chi connectivity index (χ0) is 42.9. The molecular weight excluding hydrogens is 785 g/mol. The van der Waals surface area contributed by atoms with E-state index in [4.69, 9.17) is 0 Å². The Labute approximate surface area is 381 Å². The molecule has 3 aliphatic carbocycles. The summed E-state index contributed by atoms with van der Waals surface area (Å²) in [6.07, 6.45) is 13.4. The lowest BCUT2D eigenvalue weighted by molar-refractivity contribution is 0.752. The van der Waals surface area contributed by atoms with Crippen molar-refractivity contribution in [2.75, 3.05) is 9.80 Å². The Morgan fingerprint density at radius 3 is 1.45 bits per heavy atom. The van der Waals surface area contributed by atoms with Gasteiger partial charge in [-0.15, -0.1) is 0 Å². The standard InChI is InChI=1S/C63H46N2/c1-4-18-43(19-5-1)45-32-37-49(38-33-45)64(50-39-34-46(35-40-50)44-20-6-2-7-21-44)60-42-57-62(53-27-13-12-26-52(53)60)61-51-25-11-10-22-47(51)36-41-56(61)63(57)54-28-14-16-30-58(54)65(48-23-8-3-9-24-48)59-31-17-15-29-55(59)63/h1-32,34,36-37,39,41-42H,33,35,38,40H2. The van der Waals surface area contributed by atoms with Crippen molar-refractivity contribution in [2.45, 2.75) is 31.1 Å². The average molecular weight is 831 g/mol. The van der Waals surface area contributed by atoms with Crippen LogP contribution in [0.3, 0.4) is 0 Å². The number of hydrogen-bond donors (Lipinski definition) is 0. The molecule has 13 rings (SSSR count). The zero-order valence-electron chi connectivity index (χ0n) is 36.2. The highest BCUT2D eigenvalue weighted by Gasteiger charge is 2.53. The van der Waals surface area contributed by atoms with E-state index in [0.717, 1.165) is 31.4 Å². The van der Waals surface area contributed by atoms with Crippen LogP contribution in [0.25, 0.3) is 43.8 Å². The van der Waals surface area contributed by atoms with Crippen molar-refractivity contribution in [3.05, 3.63) is 275 Å². The third-order valence-electron chi connectivity index (χ3n) is 14.5. The van der Waals surface area contributed by atoms with Crippen LogP contribution in [0.1, 0.15) is 59.1 Å². The van der Waals surface area contributed by atoms with Crippen molar-refractivity contribution in [3.8, 4) is 11.1 Å². The monoisotopic (exact) mass is 830 g/mol. The molecule has 4 aliphatic rings. The van der Waals surface area contributed by atoms with E-state index in [2.05, 4.69) is 240 Å². The number of para-hydroxylation sites is 3. The maximum absolute atomic E-state index is 2.66. The summed E-state index contributed by atoms with van der Waals surface area (Å²) in [4.78, 5) is 5.14. The Balaban J connectivity index is 1.13. The minimum atomic E-state index is -0.611. The number of anilines is 4. The predicted molar refractivity (Wildman–Crippen MR) is 273 cm³/mol. The van der Waals surface area contributed by atoms with Crippen LogP contribution in [0, 0.1) is 0 Å². The highest BCUT2D eigenvalue weighted by Crippen LogP contribution is 2.66. The molecule has 0 fully saturated rings. The molecule has 9 aromatic carbocycles. The van der Waals surface area contributed by atoms with Gasteiger partial charge in [0.1, 0.15) is 0 Å². The van der Waals surface area contributed by atoms with E-state index in [-0.39, 0.29) is 0 Å². The zero-order valence-corrected chi connectivity index (χ0v) is 36.2. The average Bonchev–Trinajstić information content (AvgIpc) is 3.69. The second-order valence-corrected chi connectivity index (χ2v) is 17.8. The number of allylic oxidation sites excluding steroid dienone is 8. The fourth-order valence-corrected chi connectivity index (χ4v) is 11.7. The number of rotatable bonds is 6. The van der Waals surface area contributed by atoms with Crippen LogP contribution >= 0.6 is 0 Å². The van der Waals surface area contributed by atoms with Gasteiger partial charge in [0.05, 0.1) is 22.5 Å². The van der Waals surface area contributed by atoms with E-state index in [0.29, 0.717) is 0 Å². The SMILES string of the molecule is C1=C(c2ccccc2)CCC(N(C2=CC=C(c3ccccc3)CC2)c2cc3c(c4ccccc24)-c2c(ccc4ccccc24)C32c3ccccc3N(c3ccccc3)c3ccccc32)=C1. The van der Waals surface area contributed by atoms with Crippen LogP contribution < -0.4 is 9.80 Å². The van der Waals surface area contributed by atoms with E-state index in [1.165, 1.54) is 106 Å².